The molecule has 1 saturated heterocycles. The molecule has 1 heterocycles. The lowest BCUT2D eigenvalue weighted by Crippen LogP contribution is -3.12. The number of methoxy groups -OCH3 is 2. The number of quaternary nitrogens is 1. The molecule has 1 aliphatic heterocycles. The van der Waals surface area contributed by atoms with Crippen LogP contribution in [-0.2, 0) is 4.74 Å². The normalized spacial score (nSPS) is 14.5. The summed E-state index contributed by atoms with van der Waals surface area (Å²) >= 11 is 0. The second-order valence-corrected chi connectivity index (χ2v) is 6.82. The summed E-state index contributed by atoms with van der Waals surface area (Å²) < 4.78 is 10.1. The van der Waals surface area contributed by atoms with Crippen molar-refractivity contribution in [3.63, 3.8) is 0 Å². The molecular formula is C21H26N3O4+. The Hall–Kier alpha value is -3.06. The van der Waals surface area contributed by atoms with Gasteiger partial charge in [-0.15, -0.1) is 0 Å². The molecule has 1 aliphatic rings. The number of rotatable bonds is 5. The zero-order chi connectivity index (χ0) is 20.1. The zero-order valence-corrected chi connectivity index (χ0v) is 16.5. The molecular weight excluding hydrogens is 358 g/mol. The Morgan fingerprint density at radius 1 is 1.07 bits per heavy atom. The van der Waals surface area contributed by atoms with Crippen molar-refractivity contribution in [2.45, 2.75) is 0 Å². The second kappa shape index (κ2) is 8.75. The van der Waals surface area contributed by atoms with E-state index in [-0.39, 0.29) is 5.91 Å². The van der Waals surface area contributed by atoms with Crippen LogP contribution in [0.3, 0.4) is 0 Å². The molecule has 1 amide bonds. The maximum absolute atomic E-state index is 12.9. The standard InChI is InChI=1S/C21H25N3O4/c1-23-10-12-24(13-11-23)18-9-8-15(21(26)28-3)14-17(18)22-20(25)16-6-4-5-7-19(16)27-2/h4-9,14H,10-13H2,1-3H3,(H,22,25)/p+1. The highest BCUT2D eigenvalue weighted by atomic mass is 16.5. The minimum atomic E-state index is -0.442. The fourth-order valence-electron chi connectivity index (χ4n) is 3.31. The van der Waals surface area contributed by atoms with Crippen LogP contribution in [0.5, 0.6) is 5.75 Å². The number of para-hydroxylation sites is 1. The lowest BCUT2D eigenvalue weighted by molar-refractivity contribution is -0.880. The number of anilines is 2. The summed E-state index contributed by atoms with van der Waals surface area (Å²) in [7, 11) is 5.04. The number of nitrogens with one attached hydrogen (secondary N) is 2. The number of ether oxygens (including phenoxy) is 2. The van der Waals surface area contributed by atoms with Crippen LogP contribution in [0, 0.1) is 0 Å². The molecule has 0 unspecified atom stereocenters. The number of likely N-dealkylation sites (N-methyl/N-ethyl adjacent to an activating group) is 1. The first-order valence-electron chi connectivity index (χ1n) is 9.26. The Balaban J connectivity index is 1.94. The number of carbonyl (C=O) groups is 2. The second-order valence-electron chi connectivity index (χ2n) is 6.82. The van der Waals surface area contributed by atoms with E-state index >= 15 is 0 Å². The predicted molar refractivity (Wildman–Crippen MR) is 108 cm³/mol. The molecule has 0 bridgehead atoms. The van der Waals surface area contributed by atoms with Gasteiger partial charge in [-0.25, -0.2) is 4.79 Å². The summed E-state index contributed by atoms with van der Waals surface area (Å²) in [6.07, 6.45) is 0. The molecule has 148 valence electrons. The largest absolute Gasteiger partial charge is 0.496 e. The molecule has 2 N–H and O–H groups in total. The molecule has 2 aromatic rings. The quantitative estimate of drug-likeness (QED) is 0.755. The Labute approximate surface area is 164 Å². The average Bonchev–Trinajstić information content (AvgIpc) is 2.73. The molecule has 0 aliphatic carbocycles. The van der Waals surface area contributed by atoms with E-state index in [0.717, 1.165) is 31.9 Å². The smallest absolute Gasteiger partial charge is 0.337 e. The molecule has 0 saturated carbocycles. The van der Waals surface area contributed by atoms with Gasteiger partial charge in [0.15, 0.2) is 0 Å². The minimum Gasteiger partial charge on any atom is -0.496 e. The van der Waals surface area contributed by atoms with Crippen molar-refractivity contribution in [3.05, 3.63) is 53.6 Å². The Bertz CT molecular complexity index is 860. The third kappa shape index (κ3) is 4.26. The van der Waals surface area contributed by atoms with Gasteiger partial charge in [-0.3, -0.25) is 4.79 Å². The van der Waals surface area contributed by atoms with Crippen LogP contribution in [0.1, 0.15) is 20.7 Å². The van der Waals surface area contributed by atoms with E-state index in [9.17, 15) is 9.59 Å². The molecule has 7 heteroatoms. The molecule has 0 radical (unpaired) electrons. The maximum Gasteiger partial charge on any atom is 0.337 e. The van der Waals surface area contributed by atoms with Crippen LogP contribution in [0.15, 0.2) is 42.5 Å². The van der Waals surface area contributed by atoms with Crippen molar-refractivity contribution in [2.24, 2.45) is 0 Å². The van der Waals surface area contributed by atoms with Gasteiger partial charge in [0, 0.05) is 0 Å². The SMILES string of the molecule is COC(=O)c1ccc(N2CC[NH+](C)CC2)c(NC(=O)c2ccccc2OC)c1. The number of esters is 1. The molecule has 2 aromatic carbocycles. The number of benzene rings is 2. The van der Waals surface area contributed by atoms with Crippen LogP contribution >= 0.6 is 0 Å². The van der Waals surface area contributed by atoms with Crippen molar-refractivity contribution >= 4 is 23.3 Å². The van der Waals surface area contributed by atoms with Crippen LogP contribution in [-0.4, -0.2) is 59.3 Å². The van der Waals surface area contributed by atoms with Gasteiger partial charge in [-0.1, -0.05) is 12.1 Å². The van der Waals surface area contributed by atoms with Crippen molar-refractivity contribution in [1.29, 1.82) is 0 Å². The van der Waals surface area contributed by atoms with Crippen LogP contribution in [0.4, 0.5) is 11.4 Å². The van der Waals surface area contributed by atoms with Gasteiger partial charge in [0.25, 0.3) is 5.91 Å². The topological polar surface area (TPSA) is 72.3 Å². The fraction of sp³-hybridized carbons (Fsp3) is 0.333. The summed E-state index contributed by atoms with van der Waals surface area (Å²) in [4.78, 5) is 28.6. The number of hydrogen-bond donors (Lipinski definition) is 2. The Morgan fingerprint density at radius 2 is 1.79 bits per heavy atom. The van der Waals surface area contributed by atoms with E-state index in [0.29, 0.717) is 22.6 Å². The molecule has 0 aromatic heterocycles. The van der Waals surface area contributed by atoms with Crippen LogP contribution in [0.25, 0.3) is 0 Å². The summed E-state index contributed by atoms with van der Waals surface area (Å²) in [5, 5.41) is 2.95. The van der Waals surface area contributed by atoms with E-state index in [4.69, 9.17) is 9.47 Å². The van der Waals surface area contributed by atoms with Gasteiger partial charge in [0.05, 0.1) is 69.9 Å². The lowest BCUT2D eigenvalue weighted by Gasteiger charge is -2.33. The van der Waals surface area contributed by atoms with Gasteiger partial charge in [0.1, 0.15) is 5.75 Å². The number of nitrogens with zero attached hydrogens (tertiary/aromatic N) is 1. The Morgan fingerprint density at radius 3 is 2.46 bits per heavy atom. The highest BCUT2D eigenvalue weighted by Gasteiger charge is 2.22. The zero-order valence-electron chi connectivity index (χ0n) is 16.5. The van der Waals surface area contributed by atoms with Gasteiger partial charge < -0.3 is 24.6 Å². The van der Waals surface area contributed by atoms with E-state index < -0.39 is 5.97 Å². The highest BCUT2D eigenvalue weighted by molar-refractivity contribution is 6.08. The van der Waals surface area contributed by atoms with Crippen molar-refractivity contribution in [3.8, 4) is 5.75 Å². The number of carbonyl (C=O) groups excluding carboxylic acids is 2. The molecule has 0 atom stereocenters. The van der Waals surface area contributed by atoms with Gasteiger partial charge in [-0.2, -0.15) is 0 Å². The summed E-state index contributed by atoms with van der Waals surface area (Å²) in [6, 6.07) is 12.3. The van der Waals surface area contributed by atoms with Crippen LogP contribution < -0.4 is 19.9 Å². The molecule has 28 heavy (non-hydrogen) atoms. The van der Waals surface area contributed by atoms with E-state index in [1.165, 1.54) is 19.1 Å². The van der Waals surface area contributed by atoms with Crippen LogP contribution in [0.2, 0.25) is 0 Å². The van der Waals surface area contributed by atoms with Crippen molar-refractivity contribution in [2.75, 3.05) is 57.7 Å². The number of piperazine rings is 1. The summed E-state index contributed by atoms with van der Waals surface area (Å²) in [5.74, 6) is -0.239. The van der Waals surface area contributed by atoms with Gasteiger partial charge in [0.2, 0.25) is 0 Å². The van der Waals surface area contributed by atoms with E-state index in [1.807, 2.05) is 12.1 Å². The number of amides is 1. The lowest BCUT2D eigenvalue weighted by atomic mass is 10.1. The number of hydrogen-bond acceptors (Lipinski definition) is 5. The monoisotopic (exact) mass is 384 g/mol. The van der Waals surface area contributed by atoms with Crippen molar-refractivity contribution in [1.82, 2.24) is 0 Å². The Kier molecular flexibility index (Phi) is 6.16. The van der Waals surface area contributed by atoms with E-state index in [2.05, 4.69) is 17.3 Å². The predicted octanol–water partition coefficient (Wildman–Crippen LogP) is 1.07. The van der Waals surface area contributed by atoms with Gasteiger partial charge in [-0.05, 0) is 30.3 Å². The molecule has 3 rings (SSSR count). The first kappa shape index (κ1) is 19.7. The first-order chi connectivity index (χ1) is 13.5. The average molecular weight is 384 g/mol. The molecule has 1 fully saturated rings. The van der Waals surface area contributed by atoms with Gasteiger partial charge >= 0.3 is 5.97 Å². The third-order valence-electron chi connectivity index (χ3n) is 4.98. The third-order valence-corrected chi connectivity index (χ3v) is 4.98. The van der Waals surface area contributed by atoms with E-state index in [1.54, 1.807) is 30.3 Å². The molecule has 0 spiro atoms. The summed E-state index contributed by atoms with van der Waals surface area (Å²) in [5.41, 5.74) is 2.30. The molecule has 7 nitrogen and oxygen atoms in total. The summed E-state index contributed by atoms with van der Waals surface area (Å²) in [6.45, 7) is 3.78. The van der Waals surface area contributed by atoms with Crippen molar-refractivity contribution < 1.29 is 24.0 Å². The maximum atomic E-state index is 12.9. The highest BCUT2D eigenvalue weighted by Crippen LogP contribution is 2.29. The fourth-order valence-corrected chi connectivity index (χ4v) is 3.31. The minimum absolute atomic E-state index is 0.291. The first-order valence-corrected chi connectivity index (χ1v) is 9.26.